The summed E-state index contributed by atoms with van der Waals surface area (Å²) in [7, 11) is -2.45. The number of hydrogen-bond acceptors (Lipinski definition) is 5. The molecule has 0 spiro atoms. The minimum Gasteiger partial charge on any atom is -0.497 e. The van der Waals surface area contributed by atoms with E-state index >= 15 is 0 Å². The molecule has 8 heteroatoms. The molecule has 0 saturated heterocycles. The highest BCUT2D eigenvalue weighted by Crippen LogP contribution is 2.33. The maximum absolute atomic E-state index is 13.3. The van der Waals surface area contributed by atoms with Crippen LogP contribution in [-0.2, 0) is 19.4 Å². The molecule has 0 unspecified atom stereocenters. The lowest BCUT2D eigenvalue weighted by atomic mass is 9.94. The van der Waals surface area contributed by atoms with Crippen LogP contribution >= 0.6 is 0 Å². The molecule has 0 bridgehead atoms. The van der Waals surface area contributed by atoms with E-state index in [1.807, 2.05) is 12.1 Å². The van der Waals surface area contributed by atoms with Crippen LogP contribution in [0.25, 0.3) is 11.1 Å². The second kappa shape index (κ2) is 9.65. The number of benzene rings is 3. The maximum Gasteiger partial charge on any atom is 0.311 e. The highest BCUT2D eigenvalue weighted by atomic mass is 32.2. The fourth-order valence-electron chi connectivity index (χ4n) is 3.43. The molecule has 0 aliphatic rings. The van der Waals surface area contributed by atoms with Crippen LogP contribution in [0.3, 0.4) is 0 Å². The summed E-state index contributed by atoms with van der Waals surface area (Å²) in [4.78, 5) is 22.6. The molecule has 0 heterocycles. The van der Waals surface area contributed by atoms with E-state index in [2.05, 4.69) is 0 Å². The highest BCUT2D eigenvalue weighted by Gasteiger charge is 2.29. The first kappa shape index (κ1) is 23.0. The third-order valence-corrected chi connectivity index (χ3v) is 6.96. The zero-order chi connectivity index (χ0) is 23.3. The number of carboxylic acids is 2. The SMILES string of the molecule is COc1ccc(-c2ccc(S(=O)(=O)c3ccccc3[C@H](CCC(=O)O)C(=O)O)cc2)cc1. The van der Waals surface area contributed by atoms with E-state index in [0.717, 1.165) is 11.1 Å². The Bertz CT molecular complexity index is 1210. The lowest BCUT2D eigenvalue weighted by Crippen LogP contribution is -2.17. The van der Waals surface area contributed by atoms with Crippen LogP contribution < -0.4 is 4.74 Å². The van der Waals surface area contributed by atoms with Gasteiger partial charge >= 0.3 is 11.9 Å². The molecule has 32 heavy (non-hydrogen) atoms. The Morgan fingerprint density at radius 3 is 1.97 bits per heavy atom. The highest BCUT2D eigenvalue weighted by molar-refractivity contribution is 7.91. The smallest absolute Gasteiger partial charge is 0.311 e. The summed E-state index contributed by atoms with van der Waals surface area (Å²) in [5.74, 6) is -2.97. The van der Waals surface area contributed by atoms with Crippen molar-refractivity contribution in [3.8, 4) is 16.9 Å². The molecule has 166 valence electrons. The Labute approximate surface area is 185 Å². The minimum absolute atomic E-state index is 0.0181. The molecule has 3 aromatic carbocycles. The first-order valence-corrected chi connectivity index (χ1v) is 11.3. The van der Waals surface area contributed by atoms with Crippen molar-refractivity contribution in [3.05, 3.63) is 78.4 Å². The second-order valence-corrected chi connectivity index (χ2v) is 9.04. The number of hydrogen-bond donors (Lipinski definition) is 2. The van der Waals surface area contributed by atoms with Crippen LogP contribution in [0, 0.1) is 0 Å². The first-order chi connectivity index (χ1) is 15.2. The predicted octanol–water partition coefficient (Wildman–Crippen LogP) is 4.23. The van der Waals surface area contributed by atoms with Crippen LogP contribution in [0.15, 0.2) is 82.6 Å². The van der Waals surface area contributed by atoms with E-state index in [1.165, 1.54) is 36.4 Å². The van der Waals surface area contributed by atoms with Gasteiger partial charge in [0.25, 0.3) is 0 Å². The van der Waals surface area contributed by atoms with Gasteiger partial charge in [-0.15, -0.1) is 0 Å². The molecular weight excluding hydrogens is 432 g/mol. The Kier molecular flexibility index (Phi) is 6.95. The van der Waals surface area contributed by atoms with Gasteiger partial charge in [0.1, 0.15) is 5.75 Å². The van der Waals surface area contributed by atoms with Crippen molar-refractivity contribution in [3.63, 3.8) is 0 Å². The van der Waals surface area contributed by atoms with Crippen molar-refractivity contribution in [1.82, 2.24) is 0 Å². The Balaban J connectivity index is 1.97. The van der Waals surface area contributed by atoms with Gasteiger partial charge < -0.3 is 14.9 Å². The number of carbonyl (C=O) groups is 2. The van der Waals surface area contributed by atoms with Crippen molar-refractivity contribution in [2.24, 2.45) is 0 Å². The van der Waals surface area contributed by atoms with E-state index < -0.39 is 27.7 Å². The average molecular weight is 455 g/mol. The molecule has 3 aromatic rings. The number of rotatable bonds is 9. The minimum atomic E-state index is -4.03. The standard InChI is InChI=1S/C24H22O7S/c1-31-18-10-6-16(7-11-18)17-8-12-19(13-9-17)32(29,30)22-5-3-2-4-20(22)21(24(27)28)14-15-23(25)26/h2-13,21H,14-15H2,1H3,(H,25,26)(H,27,28)/t21-/m0/s1. The number of carboxylic acid groups (broad SMARTS) is 2. The molecule has 7 nitrogen and oxygen atoms in total. The van der Waals surface area contributed by atoms with Gasteiger partial charge in [0, 0.05) is 6.42 Å². The van der Waals surface area contributed by atoms with Crippen molar-refractivity contribution < 1.29 is 33.0 Å². The molecule has 0 aliphatic carbocycles. The van der Waals surface area contributed by atoms with Gasteiger partial charge in [-0.25, -0.2) is 8.42 Å². The van der Waals surface area contributed by atoms with Crippen LogP contribution in [0.4, 0.5) is 0 Å². The predicted molar refractivity (Wildman–Crippen MR) is 118 cm³/mol. The molecule has 0 fully saturated rings. The number of aliphatic carboxylic acids is 2. The molecular formula is C24H22O7S. The Hall–Kier alpha value is -3.65. The van der Waals surface area contributed by atoms with E-state index in [9.17, 15) is 23.1 Å². The molecule has 3 rings (SSSR count). The normalized spacial score (nSPS) is 12.2. The maximum atomic E-state index is 13.3. The molecule has 0 amide bonds. The third kappa shape index (κ3) is 4.97. The van der Waals surface area contributed by atoms with E-state index in [-0.39, 0.29) is 28.2 Å². The Morgan fingerprint density at radius 2 is 1.44 bits per heavy atom. The van der Waals surface area contributed by atoms with Gasteiger partial charge in [-0.05, 0) is 53.4 Å². The zero-order valence-electron chi connectivity index (χ0n) is 17.3. The van der Waals surface area contributed by atoms with E-state index in [1.54, 1.807) is 31.4 Å². The van der Waals surface area contributed by atoms with Crippen LogP contribution in [0.1, 0.15) is 24.3 Å². The topological polar surface area (TPSA) is 118 Å². The Morgan fingerprint density at radius 1 is 0.875 bits per heavy atom. The number of sulfone groups is 1. The van der Waals surface area contributed by atoms with Crippen molar-refractivity contribution in [1.29, 1.82) is 0 Å². The molecule has 0 aliphatic heterocycles. The van der Waals surface area contributed by atoms with Gasteiger partial charge in [-0.2, -0.15) is 0 Å². The summed E-state index contributed by atoms with van der Waals surface area (Å²) in [5.41, 5.74) is 1.76. The van der Waals surface area contributed by atoms with Crippen LogP contribution in [0.5, 0.6) is 5.75 Å². The largest absolute Gasteiger partial charge is 0.497 e. The zero-order valence-corrected chi connectivity index (χ0v) is 18.1. The summed E-state index contributed by atoms with van der Waals surface area (Å²) in [6, 6.07) is 19.4. The van der Waals surface area contributed by atoms with Crippen LogP contribution in [0.2, 0.25) is 0 Å². The van der Waals surface area contributed by atoms with Gasteiger partial charge in [0.2, 0.25) is 9.84 Å². The number of methoxy groups -OCH3 is 1. The van der Waals surface area contributed by atoms with Gasteiger partial charge in [0.05, 0.1) is 22.8 Å². The lowest BCUT2D eigenvalue weighted by molar-refractivity contribution is -0.140. The monoisotopic (exact) mass is 454 g/mol. The molecule has 0 saturated carbocycles. The van der Waals surface area contributed by atoms with Gasteiger partial charge in [-0.1, -0.05) is 42.5 Å². The van der Waals surface area contributed by atoms with Crippen molar-refractivity contribution in [2.45, 2.75) is 28.6 Å². The van der Waals surface area contributed by atoms with Gasteiger partial charge in [0.15, 0.2) is 0 Å². The second-order valence-electron chi connectivity index (χ2n) is 7.12. The van der Waals surface area contributed by atoms with Gasteiger partial charge in [-0.3, -0.25) is 9.59 Å². The summed E-state index contributed by atoms with van der Waals surface area (Å²) in [5, 5.41) is 18.5. The summed E-state index contributed by atoms with van der Waals surface area (Å²) in [6.07, 6.45) is -0.602. The molecule has 1 atom stereocenters. The summed E-state index contributed by atoms with van der Waals surface area (Å²) < 4.78 is 31.8. The average Bonchev–Trinajstić information content (AvgIpc) is 2.79. The molecule has 0 radical (unpaired) electrons. The first-order valence-electron chi connectivity index (χ1n) is 9.77. The van der Waals surface area contributed by atoms with Crippen LogP contribution in [-0.4, -0.2) is 37.7 Å². The third-order valence-electron chi connectivity index (χ3n) is 5.12. The molecule has 2 N–H and O–H groups in total. The van der Waals surface area contributed by atoms with E-state index in [0.29, 0.717) is 5.75 Å². The fourth-order valence-corrected chi connectivity index (χ4v) is 4.96. The van der Waals surface area contributed by atoms with Crippen molar-refractivity contribution >= 4 is 21.8 Å². The summed E-state index contributed by atoms with van der Waals surface area (Å²) in [6.45, 7) is 0. The lowest BCUT2D eigenvalue weighted by Gasteiger charge is -2.17. The van der Waals surface area contributed by atoms with Crippen molar-refractivity contribution in [2.75, 3.05) is 7.11 Å². The fraction of sp³-hybridized carbons (Fsp3) is 0.167. The summed E-state index contributed by atoms with van der Waals surface area (Å²) >= 11 is 0. The molecule has 0 aromatic heterocycles. The quantitative estimate of drug-likeness (QED) is 0.497. The number of ether oxygens (including phenoxy) is 1. The van der Waals surface area contributed by atoms with E-state index in [4.69, 9.17) is 9.84 Å².